The third kappa shape index (κ3) is 2.23. The van der Waals surface area contributed by atoms with Crippen molar-refractivity contribution in [3.63, 3.8) is 0 Å². The predicted molar refractivity (Wildman–Crippen MR) is 55.7 cm³/mol. The predicted octanol–water partition coefficient (Wildman–Crippen LogP) is 0.706. The van der Waals surface area contributed by atoms with Crippen molar-refractivity contribution in [1.29, 1.82) is 0 Å². The van der Waals surface area contributed by atoms with Crippen LogP contribution in [-0.4, -0.2) is 51.2 Å². The molecule has 84 valence electrons. The molecule has 0 saturated carbocycles. The lowest BCUT2D eigenvalue weighted by molar-refractivity contribution is -0.215. The smallest absolute Gasteiger partial charge is 0.129 e. The van der Waals surface area contributed by atoms with Crippen molar-refractivity contribution in [2.75, 3.05) is 21.3 Å². The SMILES string of the molecule is CO[C@@H]1[C@@H](OC)[C@H](C)O[C@@H](S)[C@@H]1OC. The van der Waals surface area contributed by atoms with Gasteiger partial charge in [0.25, 0.3) is 0 Å². The van der Waals surface area contributed by atoms with Gasteiger partial charge in [-0.15, -0.1) is 12.6 Å². The number of hydrogen-bond acceptors (Lipinski definition) is 5. The summed E-state index contributed by atoms with van der Waals surface area (Å²) in [5.74, 6) is 0. The average molecular weight is 222 g/mol. The second kappa shape index (κ2) is 5.32. The lowest BCUT2D eigenvalue weighted by Crippen LogP contribution is -2.57. The van der Waals surface area contributed by atoms with Gasteiger partial charge in [-0.05, 0) is 6.92 Å². The highest BCUT2D eigenvalue weighted by Crippen LogP contribution is 2.28. The van der Waals surface area contributed by atoms with E-state index in [1.54, 1.807) is 21.3 Å². The summed E-state index contributed by atoms with van der Waals surface area (Å²) >= 11 is 4.31. The van der Waals surface area contributed by atoms with Gasteiger partial charge in [-0.2, -0.15) is 0 Å². The molecule has 0 amide bonds. The Hall–Kier alpha value is 0.190. The van der Waals surface area contributed by atoms with Crippen molar-refractivity contribution >= 4 is 12.6 Å². The Morgan fingerprint density at radius 3 is 1.86 bits per heavy atom. The number of methoxy groups -OCH3 is 3. The molecule has 0 unspecified atom stereocenters. The molecule has 0 bridgehead atoms. The van der Waals surface area contributed by atoms with E-state index in [-0.39, 0.29) is 29.9 Å². The number of ether oxygens (including phenoxy) is 4. The van der Waals surface area contributed by atoms with Crippen LogP contribution in [0.3, 0.4) is 0 Å². The van der Waals surface area contributed by atoms with Crippen molar-refractivity contribution in [2.45, 2.75) is 36.8 Å². The van der Waals surface area contributed by atoms with E-state index in [4.69, 9.17) is 18.9 Å². The summed E-state index contributed by atoms with van der Waals surface area (Å²) in [5, 5.41) is 0. The molecule has 0 spiro atoms. The van der Waals surface area contributed by atoms with Crippen molar-refractivity contribution in [3.8, 4) is 0 Å². The highest BCUT2D eigenvalue weighted by Gasteiger charge is 2.43. The number of hydrogen-bond donors (Lipinski definition) is 1. The Bertz CT molecular complexity index is 162. The van der Waals surface area contributed by atoms with E-state index in [9.17, 15) is 0 Å². The van der Waals surface area contributed by atoms with Crippen molar-refractivity contribution in [2.24, 2.45) is 0 Å². The molecule has 0 aliphatic carbocycles. The van der Waals surface area contributed by atoms with Gasteiger partial charge in [0.05, 0.1) is 6.10 Å². The maximum absolute atomic E-state index is 5.56. The fourth-order valence-electron chi connectivity index (χ4n) is 1.84. The quantitative estimate of drug-likeness (QED) is 0.713. The highest BCUT2D eigenvalue weighted by atomic mass is 32.1. The van der Waals surface area contributed by atoms with Crippen LogP contribution >= 0.6 is 12.6 Å². The van der Waals surface area contributed by atoms with Crippen LogP contribution in [0.4, 0.5) is 0 Å². The summed E-state index contributed by atoms with van der Waals surface area (Å²) in [7, 11) is 4.90. The first-order chi connectivity index (χ1) is 6.65. The zero-order valence-electron chi connectivity index (χ0n) is 8.97. The molecule has 1 rings (SSSR count). The maximum atomic E-state index is 5.56. The van der Waals surface area contributed by atoms with Crippen molar-refractivity contribution in [1.82, 2.24) is 0 Å². The molecule has 14 heavy (non-hydrogen) atoms. The van der Waals surface area contributed by atoms with E-state index in [1.807, 2.05) is 6.92 Å². The first-order valence-electron chi connectivity index (χ1n) is 4.57. The van der Waals surface area contributed by atoms with Gasteiger partial charge in [0, 0.05) is 21.3 Å². The zero-order valence-corrected chi connectivity index (χ0v) is 9.86. The Morgan fingerprint density at radius 1 is 0.929 bits per heavy atom. The molecule has 0 radical (unpaired) electrons. The Morgan fingerprint density at radius 2 is 1.43 bits per heavy atom. The van der Waals surface area contributed by atoms with E-state index < -0.39 is 0 Å². The molecular formula is C9H18O4S. The lowest BCUT2D eigenvalue weighted by atomic mass is 10.0. The largest absolute Gasteiger partial charge is 0.376 e. The molecule has 1 fully saturated rings. The van der Waals surface area contributed by atoms with Gasteiger partial charge in [0.2, 0.25) is 0 Å². The van der Waals surface area contributed by atoms with Crippen molar-refractivity contribution < 1.29 is 18.9 Å². The molecule has 0 aromatic heterocycles. The molecule has 1 aliphatic heterocycles. The third-order valence-electron chi connectivity index (χ3n) is 2.56. The molecule has 0 aromatic rings. The normalized spacial score (nSPS) is 43.9. The molecule has 0 aromatic carbocycles. The lowest BCUT2D eigenvalue weighted by Gasteiger charge is -2.42. The van der Waals surface area contributed by atoms with Crippen molar-refractivity contribution in [3.05, 3.63) is 0 Å². The summed E-state index contributed by atoms with van der Waals surface area (Å²) in [4.78, 5) is 0. The number of rotatable bonds is 3. The van der Waals surface area contributed by atoms with E-state index in [1.165, 1.54) is 0 Å². The van der Waals surface area contributed by atoms with Gasteiger partial charge in [-0.25, -0.2) is 0 Å². The Kier molecular flexibility index (Phi) is 4.66. The van der Waals surface area contributed by atoms with E-state index in [0.717, 1.165) is 0 Å². The molecule has 5 heteroatoms. The van der Waals surface area contributed by atoms with Crippen LogP contribution in [0.1, 0.15) is 6.92 Å². The summed E-state index contributed by atoms with van der Waals surface area (Å²) in [6, 6.07) is 0. The van der Waals surface area contributed by atoms with E-state index in [0.29, 0.717) is 0 Å². The standard InChI is InChI=1S/C9H18O4S/c1-5-6(10-2)7(11-3)8(12-4)9(14)13-5/h5-9,14H,1-4H3/t5-,6-,7+,8+,9-/m0/s1. The second-order valence-electron chi connectivity index (χ2n) is 3.33. The third-order valence-corrected chi connectivity index (χ3v) is 2.98. The first-order valence-corrected chi connectivity index (χ1v) is 5.09. The Labute approximate surface area is 90.3 Å². The minimum atomic E-state index is -0.272. The van der Waals surface area contributed by atoms with E-state index in [2.05, 4.69) is 12.6 Å². The fourth-order valence-corrected chi connectivity index (χ4v) is 2.32. The summed E-state index contributed by atoms with van der Waals surface area (Å²) in [6.07, 6.45) is -0.507. The molecule has 4 nitrogen and oxygen atoms in total. The minimum absolute atomic E-state index is 0.0427. The fraction of sp³-hybridized carbons (Fsp3) is 1.00. The Balaban J connectivity index is 2.76. The average Bonchev–Trinajstić information content (AvgIpc) is 2.16. The molecule has 1 heterocycles. The van der Waals surface area contributed by atoms with Crippen LogP contribution in [0.5, 0.6) is 0 Å². The topological polar surface area (TPSA) is 36.9 Å². The molecule has 1 saturated heterocycles. The first kappa shape index (κ1) is 12.3. The summed E-state index contributed by atoms with van der Waals surface area (Å²) < 4.78 is 21.5. The van der Waals surface area contributed by atoms with Gasteiger partial charge in [0.1, 0.15) is 23.7 Å². The van der Waals surface area contributed by atoms with Gasteiger partial charge >= 0.3 is 0 Å². The van der Waals surface area contributed by atoms with E-state index >= 15 is 0 Å². The molecule has 1 aliphatic rings. The van der Waals surface area contributed by atoms with Crippen LogP contribution < -0.4 is 0 Å². The van der Waals surface area contributed by atoms with Gasteiger partial charge in [-0.1, -0.05) is 0 Å². The summed E-state index contributed by atoms with van der Waals surface area (Å²) in [5.41, 5.74) is -0.272. The second-order valence-corrected chi connectivity index (χ2v) is 3.84. The molecular weight excluding hydrogens is 204 g/mol. The molecule has 0 N–H and O–H groups in total. The van der Waals surface area contributed by atoms with Gasteiger partial charge in [-0.3, -0.25) is 0 Å². The summed E-state index contributed by atoms with van der Waals surface area (Å²) in [6.45, 7) is 1.94. The monoisotopic (exact) mass is 222 g/mol. The number of thiol groups is 1. The van der Waals surface area contributed by atoms with Crippen LogP contribution in [0.15, 0.2) is 0 Å². The van der Waals surface area contributed by atoms with Crippen LogP contribution in [0.2, 0.25) is 0 Å². The van der Waals surface area contributed by atoms with Gasteiger partial charge in [0.15, 0.2) is 0 Å². The maximum Gasteiger partial charge on any atom is 0.129 e. The van der Waals surface area contributed by atoms with Crippen LogP contribution in [0.25, 0.3) is 0 Å². The van der Waals surface area contributed by atoms with Gasteiger partial charge < -0.3 is 18.9 Å². The zero-order chi connectivity index (χ0) is 10.7. The highest BCUT2D eigenvalue weighted by molar-refractivity contribution is 7.80. The minimum Gasteiger partial charge on any atom is -0.376 e. The van der Waals surface area contributed by atoms with Crippen LogP contribution in [0, 0.1) is 0 Å². The molecule has 5 atom stereocenters. The van der Waals surface area contributed by atoms with Crippen LogP contribution in [-0.2, 0) is 18.9 Å².